The summed E-state index contributed by atoms with van der Waals surface area (Å²) in [4.78, 5) is 4.43. The second kappa shape index (κ2) is 5.65. The van der Waals surface area contributed by atoms with Crippen LogP contribution in [0.4, 0.5) is 0 Å². The minimum atomic E-state index is -0.00481. The van der Waals surface area contributed by atoms with Crippen molar-refractivity contribution in [2.45, 2.75) is 18.9 Å². The lowest BCUT2D eigenvalue weighted by Gasteiger charge is -2.09. The monoisotopic (exact) mass is 286 g/mol. The summed E-state index contributed by atoms with van der Waals surface area (Å²) >= 11 is 5.93. The van der Waals surface area contributed by atoms with Gasteiger partial charge in [-0.25, -0.2) is 4.98 Å². The highest BCUT2D eigenvalue weighted by atomic mass is 35.5. The van der Waals surface area contributed by atoms with Crippen LogP contribution in [0.15, 0.2) is 52.9 Å². The SMILES string of the molecule is NC(CCc1nc2cc(Cl)ccc2o1)c1ccccc1. The Morgan fingerprint density at radius 2 is 1.95 bits per heavy atom. The normalized spacial score (nSPS) is 12.7. The molecule has 0 aliphatic carbocycles. The van der Waals surface area contributed by atoms with Gasteiger partial charge in [0.05, 0.1) is 0 Å². The first-order chi connectivity index (χ1) is 9.72. The van der Waals surface area contributed by atoms with Crippen LogP contribution in [0.3, 0.4) is 0 Å². The lowest BCUT2D eigenvalue weighted by Crippen LogP contribution is -2.11. The molecule has 0 amide bonds. The number of aromatic nitrogens is 1. The Labute approximate surface area is 122 Å². The summed E-state index contributed by atoms with van der Waals surface area (Å²) in [5, 5.41) is 0.665. The molecule has 1 aromatic heterocycles. The molecule has 2 N–H and O–H groups in total. The molecule has 0 radical (unpaired) electrons. The van der Waals surface area contributed by atoms with Gasteiger partial charge in [-0.05, 0) is 30.2 Å². The summed E-state index contributed by atoms with van der Waals surface area (Å²) in [6, 6.07) is 15.5. The molecular weight excluding hydrogens is 272 g/mol. The van der Waals surface area contributed by atoms with Crippen LogP contribution in [0.5, 0.6) is 0 Å². The quantitative estimate of drug-likeness (QED) is 0.785. The van der Waals surface area contributed by atoms with Gasteiger partial charge in [-0.2, -0.15) is 0 Å². The number of nitrogens with zero attached hydrogens (tertiary/aromatic N) is 1. The first-order valence-electron chi connectivity index (χ1n) is 6.58. The first kappa shape index (κ1) is 13.2. The minimum Gasteiger partial charge on any atom is -0.441 e. The minimum absolute atomic E-state index is 0.00481. The van der Waals surface area contributed by atoms with Crippen LogP contribution in [0.25, 0.3) is 11.1 Å². The molecule has 0 fully saturated rings. The van der Waals surface area contributed by atoms with Crippen molar-refractivity contribution in [3.8, 4) is 0 Å². The van der Waals surface area contributed by atoms with Crippen molar-refractivity contribution < 1.29 is 4.42 Å². The van der Waals surface area contributed by atoms with Gasteiger partial charge >= 0.3 is 0 Å². The number of fused-ring (bicyclic) bond motifs is 1. The van der Waals surface area contributed by atoms with Gasteiger partial charge in [0.2, 0.25) is 0 Å². The predicted molar refractivity (Wildman–Crippen MR) is 80.7 cm³/mol. The van der Waals surface area contributed by atoms with Crippen LogP contribution in [-0.2, 0) is 6.42 Å². The van der Waals surface area contributed by atoms with E-state index >= 15 is 0 Å². The second-order valence-electron chi connectivity index (χ2n) is 4.78. The van der Waals surface area contributed by atoms with Crippen LogP contribution < -0.4 is 5.73 Å². The smallest absolute Gasteiger partial charge is 0.195 e. The van der Waals surface area contributed by atoms with Crippen molar-refractivity contribution in [1.29, 1.82) is 0 Å². The Hall–Kier alpha value is -1.84. The maximum atomic E-state index is 6.17. The average molecular weight is 287 g/mol. The number of hydrogen-bond donors (Lipinski definition) is 1. The van der Waals surface area contributed by atoms with Crippen molar-refractivity contribution in [1.82, 2.24) is 4.98 Å². The number of rotatable bonds is 4. The summed E-state index contributed by atoms with van der Waals surface area (Å²) in [5.74, 6) is 0.702. The van der Waals surface area contributed by atoms with Crippen molar-refractivity contribution in [2.24, 2.45) is 5.73 Å². The number of nitrogens with two attached hydrogens (primary N) is 1. The van der Waals surface area contributed by atoms with Gasteiger partial charge in [0, 0.05) is 17.5 Å². The first-order valence-corrected chi connectivity index (χ1v) is 6.95. The van der Waals surface area contributed by atoms with Crippen molar-refractivity contribution in [3.63, 3.8) is 0 Å². The molecule has 3 nitrogen and oxygen atoms in total. The second-order valence-corrected chi connectivity index (χ2v) is 5.21. The third kappa shape index (κ3) is 2.84. The van der Waals surface area contributed by atoms with E-state index in [9.17, 15) is 0 Å². The van der Waals surface area contributed by atoms with Gasteiger partial charge in [0.1, 0.15) is 5.52 Å². The zero-order valence-electron chi connectivity index (χ0n) is 10.9. The molecule has 0 spiro atoms. The number of oxazole rings is 1. The number of halogens is 1. The summed E-state index contributed by atoms with van der Waals surface area (Å²) in [6.45, 7) is 0. The molecule has 3 rings (SSSR count). The lowest BCUT2D eigenvalue weighted by atomic mass is 10.0. The molecule has 0 aliphatic heterocycles. The maximum Gasteiger partial charge on any atom is 0.195 e. The zero-order valence-corrected chi connectivity index (χ0v) is 11.7. The standard InChI is InChI=1S/C16H15ClN2O/c17-12-6-8-15-14(10-12)19-16(20-15)9-7-13(18)11-4-2-1-3-5-11/h1-6,8,10,13H,7,9,18H2. The topological polar surface area (TPSA) is 52.0 Å². The van der Waals surface area contributed by atoms with E-state index in [2.05, 4.69) is 4.98 Å². The zero-order chi connectivity index (χ0) is 13.9. The average Bonchev–Trinajstić information content (AvgIpc) is 2.87. The highest BCUT2D eigenvalue weighted by Gasteiger charge is 2.10. The van der Waals surface area contributed by atoms with Crippen LogP contribution in [-0.4, -0.2) is 4.98 Å². The van der Waals surface area contributed by atoms with Gasteiger partial charge in [-0.15, -0.1) is 0 Å². The number of aryl methyl sites for hydroxylation is 1. The van der Waals surface area contributed by atoms with Crippen molar-refractivity contribution >= 4 is 22.7 Å². The highest BCUT2D eigenvalue weighted by molar-refractivity contribution is 6.31. The van der Waals surface area contributed by atoms with Crippen LogP contribution in [0, 0.1) is 0 Å². The fraction of sp³-hybridized carbons (Fsp3) is 0.188. The molecule has 102 valence electrons. The Bertz CT molecular complexity index is 709. The Balaban J connectivity index is 1.71. The molecular formula is C16H15ClN2O. The fourth-order valence-corrected chi connectivity index (χ4v) is 2.37. The number of hydrogen-bond acceptors (Lipinski definition) is 3. The van der Waals surface area contributed by atoms with Crippen LogP contribution in [0.2, 0.25) is 5.02 Å². The molecule has 2 aromatic carbocycles. The van der Waals surface area contributed by atoms with E-state index < -0.39 is 0 Å². The molecule has 1 unspecified atom stereocenters. The molecule has 20 heavy (non-hydrogen) atoms. The molecule has 1 heterocycles. The van der Waals surface area contributed by atoms with Crippen LogP contribution >= 0.6 is 11.6 Å². The van der Waals surface area contributed by atoms with E-state index in [1.165, 1.54) is 0 Å². The van der Waals surface area contributed by atoms with E-state index in [-0.39, 0.29) is 6.04 Å². The van der Waals surface area contributed by atoms with E-state index in [1.54, 1.807) is 12.1 Å². The molecule has 1 atom stereocenters. The summed E-state index contributed by atoms with van der Waals surface area (Å²) in [5.41, 5.74) is 8.86. The van der Waals surface area contributed by atoms with Gasteiger partial charge in [0.15, 0.2) is 11.5 Å². The molecule has 4 heteroatoms. The molecule has 0 bridgehead atoms. The molecule has 0 saturated carbocycles. The summed E-state index contributed by atoms with van der Waals surface area (Å²) in [7, 11) is 0. The number of benzene rings is 2. The van der Waals surface area contributed by atoms with E-state index in [0.29, 0.717) is 17.3 Å². The molecule has 0 saturated heterocycles. The van der Waals surface area contributed by atoms with Crippen molar-refractivity contribution in [2.75, 3.05) is 0 Å². The maximum absolute atomic E-state index is 6.17. The Morgan fingerprint density at radius 3 is 2.75 bits per heavy atom. The van der Waals surface area contributed by atoms with Gasteiger partial charge < -0.3 is 10.2 Å². The lowest BCUT2D eigenvalue weighted by molar-refractivity contribution is 0.501. The summed E-state index contributed by atoms with van der Waals surface area (Å²) < 4.78 is 5.68. The third-order valence-corrected chi connectivity index (χ3v) is 3.53. The van der Waals surface area contributed by atoms with Gasteiger partial charge in [0.25, 0.3) is 0 Å². The molecule has 3 aromatic rings. The van der Waals surface area contributed by atoms with Crippen LogP contribution in [0.1, 0.15) is 23.9 Å². The molecule has 0 aliphatic rings. The van der Waals surface area contributed by atoms with E-state index in [4.69, 9.17) is 21.8 Å². The largest absolute Gasteiger partial charge is 0.441 e. The third-order valence-electron chi connectivity index (χ3n) is 3.29. The Morgan fingerprint density at radius 1 is 1.15 bits per heavy atom. The van der Waals surface area contributed by atoms with E-state index in [1.807, 2.05) is 36.4 Å². The fourth-order valence-electron chi connectivity index (χ4n) is 2.20. The van der Waals surface area contributed by atoms with E-state index in [0.717, 1.165) is 23.1 Å². The highest BCUT2D eigenvalue weighted by Crippen LogP contribution is 2.22. The summed E-state index contributed by atoms with van der Waals surface area (Å²) in [6.07, 6.45) is 1.51. The van der Waals surface area contributed by atoms with Gasteiger partial charge in [-0.3, -0.25) is 0 Å². The van der Waals surface area contributed by atoms with Crippen molar-refractivity contribution in [3.05, 3.63) is 65.0 Å². The predicted octanol–water partition coefficient (Wildman–Crippen LogP) is 4.11. The Kier molecular flexibility index (Phi) is 3.72. The van der Waals surface area contributed by atoms with Gasteiger partial charge in [-0.1, -0.05) is 41.9 Å².